The molecule has 78 valence electrons. The van der Waals surface area contributed by atoms with E-state index in [2.05, 4.69) is 18.3 Å². The molecule has 1 aromatic rings. The number of hydrogen-bond acceptors (Lipinski definition) is 2. The van der Waals surface area contributed by atoms with Gasteiger partial charge in [0.25, 0.3) is 0 Å². The van der Waals surface area contributed by atoms with Crippen LogP contribution < -0.4 is 5.32 Å². The molecule has 14 heavy (non-hydrogen) atoms. The molecular weight excluding hydrogens is 214 g/mol. The van der Waals surface area contributed by atoms with E-state index >= 15 is 0 Å². The maximum atomic E-state index is 6.02. The third-order valence-corrected chi connectivity index (χ3v) is 3.32. The summed E-state index contributed by atoms with van der Waals surface area (Å²) in [6, 6.07) is 7.98. The normalized spacial score (nSPS) is 10.4. The van der Waals surface area contributed by atoms with Gasteiger partial charge in [0.05, 0.1) is 5.02 Å². The van der Waals surface area contributed by atoms with Gasteiger partial charge in [-0.1, -0.05) is 30.7 Å². The van der Waals surface area contributed by atoms with E-state index in [4.69, 9.17) is 11.6 Å². The molecule has 3 heteroatoms. The summed E-state index contributed by atoms with van der Waals surface area (Å²) in [5.74, 6) is 1.07. The topological polar surface area (TPSA) is 12.0 Å². The summed E-state index contributed by atoms with van der Waals surface area (Å²) in [7, 11) is 0. The van der Waals surface area contributed by atoms with Crippen molar-refractivity contribution < 1.29 is 0 Å². The Labute approximate surface area is 95.2 Å². The summed E-state index contributed by atoms with van der Waals surface area (Å²) in [4.78, 5) is 1.17. The van der Waals surface area contributed by atoms with Crippen LogP contribution in [0.5, 0.6) is 0 Å². The van der Waals surface area contributed by atoms with Gasteiger partial charge in [0, 0.05) is 17.2 Å². The lowest BCUT2D eigenvalue weighted by Crippen LogP contribution is -2.17. The van der Waals surface area contributed by atoms with Gasteiger partial charge >= 0.3 is 0 Å². The lowest BCUT2D eigenvalue weighted by atomic mass is 10.4. The van der Waals surface area contributed by atoms with Crippen LogP contribution in [0, 0.1) is 0 Å². The van der Waals surface area contributed by atoms with Crippen LogP contribution in [0.3, 0.4) is 0 Å². The SMILES string of the molecule is CCCNCCSc1ccccc1Cl. The van der Waals surface area contributed by atoms with Gasteiger partial charge in [-0.15, -0.1) is 11.8 Å². The Balaban J connectivity index is 2.21. The van der Waals surface area contributed by atoms with E-state index in [-0.39, 0.29) is 0 Å². The molecule has 1 aromatic carbocycles. The molecule has 1 N–H and O–H groups in total. The smallest absolute Gasteiger partial charge is 0.0541 e. The molecular formula is C11H16ClNS. The van der Waals surface area contributed by atoms with E-state index in [9.17, 15) is 0 Å². The Kier molecular flexibility index (Phi) is 6.08. The van der Waals surface area contributed by atoms with Crippen molar-refractivity contribution in [3.8, 4) is 0 Å². The van der Waals surface area contributed by atoms with Gasteiger partial charge in [-0.2, -0.15) is 0 Å². The molecule has 0 heterocycles. The fourth-order valence-electron chi connectivity index (χ4n) is 1.10. The first-order valence-corrected chi connectivity index (χ1v) is 6.29. The van der Waals surface area contributed by atoms with Crippen molar-refractivity contribution in [2.75, 3.05) is 18.8 Å². The van der Waals surface area contributed by atoms with Crippen LogP contribution in [0.2, 0.25) is 5.02 Å². The number of hydrogen-bond donors (Lipinski definition) is 1. The minimum atomic E-state index is 0.855. The quantitative estimate of drug-likeness (QED) is 0.593. The number of thioether (sulfide) groups is 1. The Hall–Kier alpha value is -0.180. The van der Waals surface area contributed by atoms with E-state index in [1.165, 1.54) is 11.3 Å². The van der Waals surface area contributed by atoms with Crippen molar-refractivity contribution in [3.05, 3.63) is 29.3 Å². The summed E-state index contributed by atoms with van der Waals surface area (Å²) in [6.45, 7) is 4.32. The average molecular weight is 230 g/mol. The van der Waals surface area contributed by atoms with Gasteiger partial charge in [0.2, 0.25) is 0 Å². The highest BCUT2D eigenvalue weighted by molar-refractivity contribution is 7.99. The number of nitrogens with one attached hydrogen (secondary N) is 1. The molecule has 0 saturated heterocycles. The van der Waals surface area contributed by atoms with E-state index < -0.39 is 0 Å². The minimum Gasteiger partial charge on any atom is -0.316 e. The van der Waals surface area contributed by atoms with Crippen molar-refractivity contribution in [1.82, 2.24) is 5.32 Å². The van der Waals surface area contributed by atoms with Gasteiger partial charge in [-0.25, -0.2) is 0 Å². The second-order valence-electron chi connectivity index (χ2n) is 3.03. The zero-order valence-electron chi connectivity index (χ0n) is 8.42. The van der Waals surface area contributed by atoms with E-state index in [0.29, 0.717) is 0 Å². The maximum Gasteiger partial charge on any atom is 0.0541 e. The van der Waals surface area contributed by atoms with Gasteiger partial charge < -0.3 is 5.32 Å². The summed E-state index contributed by atoms with van der Waals surface area (Å²) >= 11 is 7.83. The van der Waals surface area contributed by atoms with Gasteiger partial charge in [-0.3, -0.25) is 0 Å². The van der Waals surface area contributed by atoms with Gasteiger partial charge in [-0.05, 0) is 25.1 Å². The van der Waals surface area contributed by atoms with Crippen LogP contribution in [0.25, 0.3) is 0 Å². The van der Waals surface area contributed by atoms with Crippen molar-refractivity contribution in [2.24, 2.45) is 0 Å². The van der Waals surface area contributed by atoms with Gasteiger partial charge in [0.1, 0.15) is 0 Å². The van der Waals surface area contributed by atoms with E-state index in [1.54, 1.807) is 11.8 Å². The predicted octanol–water partition coefficient (Wildman–Crippen LogP) is 3.43. The second-order valence-corrected chi connectivity index (χ2v) is 4.57. The van der Waals surface area contributed by atoms with Crippen molar-refractivity contribution in [3.63, 3.8) is 0 Å². The Morgan fingerprint density at radius 3 is 2.79 bits per heavy atom. The number of rotatable bonds is 6. The van der Waals surface area contributed by atoms with Crippen LogP contribution in [0.15, 0.2) is 29.2 Å². The second kappa shape index (κ2) is 7.16. The fraction of sp³-hybridized carbons (Fsp3) is 0.455. The van der Waals surface area contributed by atoms with Crippen LogP contribution in [-0.4, -0.2) is 18.8 Å². The predicted molar refractivity (Wildman–Crippen MR) is 65.3 cm³/mol. The maximum absolute atomic E-state index is 6.02. The largest absolute Gasteiger partial charge is 0.316 e. The molecule has 0 aliphatic rings. The average Bonchev–Trinajstić information content (AvgIpc) is 2.20. The fourth-order valence-corrected chi connectivity index (χ4v) is 2.24. The molecule has 0 aromatic heterocycles. The molecule has 0 atom stereocenters. The van der Waals surface area contributed by atoms with Crippen LogP contribution >= 0.6 is 23.4 Å². The third kappa shape index (κ3) is 4.36. The Morgan fingerprint density at radius 2 is 2.07 bits per heavy atom. The highest BCUT2D eigenvalue weighted by atomic mass is 35.5. The summed E-state index contributed by atoms with van der Waals surface area (Å²) < 4.78 is 0. The molecule has 0 amide bonds. The van der Waals surface area contributed by atoms with Crippen LogP contribution in [0.1, 0.15) is 13.3 Å². The monoisotopic (exact) mass is 229 g/mol. The van der Waals surface area contributed by atoms with Crippen molar-refractivity contribution >= 4 is 23.4 Å². The van der Waals surface area contributed by atoms with Gasteiger partial charge in [0.15, 0.2) is 0 Å². The first kappa shape index (κ1) is 11.9. The number of halogens is 1. The van der Waals surface area contributed by atoms with E-state index in [1.807, 2.05) is 18.2 Å². The Morgan fingerprint density at radius 1 is 1.29 bits per heavy atom. The summed E-state index contributed by atoms with van der Waals surface area (Å²) in [5.41, 5.74) is 0. The molecule has 0 bridgehead atoms. The molecule has 0 unspecified atom stereocenters. The summed E-state index contributed by atoms with van der Waals surface area (Å²) in [6.07, 6.45) is 1.19. The van der Waals surface area contributed by atoms with Crippen molar-refractivity contribution in [1.29, 1.82) is 0 Å². The molecule has 0 saturated carbocycles. The molecule has 0 fully saturated rings. The molecule has 0 spiro atoms. The van der Waals surface area contributed by atoms with E-state index in [0.717, 1.165) is 23.9 Å². The zero-order valence-corrected chi connectivity index (χ0v) is 10.00. The lowest BCUT2D eigenvalue weighted by Gasteiger charge is -2.04. The first-order chi connectivity index (χ1) is 6.84. The highest BCUT2D eigenvalue weighted by Gasteiger charge is 1.98. The zero-order chi connectivity index (χ0) is 10.2. The molecule has 0 radical (unpaired) electrons. The third-order valence-electron chi connectivity index (χ3n) is 1.80. The molecule has 0 aliphatic carbocycles. The molecule has 1 nitrogen and oxygen atoms in total. The standard InChI is InChI=1S/C11H16ClNS/c1-2-7-13-8-9-14-11-6-4-3-5-10(11)12/h3-6,13H,2,7-9H2,1H3. The molecule has 1 rings (SSSR count). The Bertz CT molecular complexity index is 265. The molecule has 0 aliphatic heterocycles. The minimum absolute atomic E-state index is 0.855. The van der Waals surface area contributed by atoms with Crippen LogP contribution in [0.4, 0.5) is 0 Å². The van der Waals surface area contributed by atoms with Crippen molar-refractivity contribution in [2.45, 2.75) is 18.2 Å². The summed E-state index contributed by atoms with van der Waals surface area (Å²) in [5, 5.41) is 4.22. The lowest BCUT2D eigenvalue weighted by molar-refractivity contribution is 0.707. The van der Waals surface area contributed by atoms with Crippen LogP contribution in [-0.2, 0) is 0 Å². The highest BCUT2D eigenvalue weighted by Crippen LogP contribution is 2.25. The number of benzene rings is 1. The first-order valence-electron chi connectivity index (χ1n) is 4.92.